The summed E-state index contributed by atoms with van der Waals surface area (Å²) in [6.45, 7) is 5.37. The summed E-state index contributed by atoms with van der Waals surface area (Å²) < 4.78 is 4.93. The van der Waals surface area contributed by atoms with Gasteiger partial charge < -0.3 is 20.0 Å². The molecule has 0 radical (unpaired) electrons. The van der Waals surface area contributed by atoms with Gasteiger partial charge in [0.05, 0.1) is 25.0 Å². The Morgan fingerprint density at radius 1 is 1.37 bits per heavy atom. The highest BCUT2D eigenvalue weighted by Gasteiger charge is 2.06. The quantitative estimate of drug-likeness (QED) is 0.278. The topological polar surface area (TPSA) is 120 Å². The second-order valence-electron chi connectivity index (χ2n) is 5.71. The molecule has 9 nitrogen and oxygen atoms in total. The zero-order valence-electron chi connectivity index (χ0n) is 15.7. The summed E-state index contributed by atoms with van der Waals surface area (Å²) in [4.78, 5) is 30.5. The van der Waals surface area contributed by atoms with E-state index < -0.39 is 6.09 Å². The number of amides is 1. The Bertz CT molecular complexity index is 700. The molecule has 0 fully saturated rings. The number of guanidine groups is 1. The maximum Gasteiger partial charge on any atom is 0.413 e. The van der Waals surface area contributed by atoms with E-state index in [-0.39, 0.29) is 0 Å². The molecule has 1 amide bonds. The number of H-pyrrole nitrogens is 2. The molecule has 0 saturated carbocycles. The van der Waals surface area contributed by atoms with E-state index in [1.165, 1.54) is 0 Å². The van der Waals surface area contributed by atoms with Crippen LogP contribution in [0.2, 0.25) is 0 Å². The van der Waals surface area contributed by atoms with Crippen molar-refractivity contribution in [3.63, 3.8) is 0 Å². The lowest BCUT2D eigenvalue weighted by atomic mass is 10.2. The van der Waals surface area contributed by atoms with Crippen LogP contribution in [0.4, 0.5) is 4.79 Å². The van der Waals surface area contributed by atoms with Gasteiger partial charge in [-0.3, -0.25) is 10.3 Å². The van der Waals surface area contributed by atoms with Crippen LogP contribution < -0.4 is 10.6 Å². The number of hydrogen-bond acceptors (Lipinski definition) is 6. The molecule has 0 saturated heterocycles. The van der Waals surface area contributed by atoms with Gasteiger partial charge in [0.2, 0.25) is 5.96 Å². The number of rotatable bonds is 10. The molecule has 0 aliphatic rings. The normalized spacial score (nSPS) is 11.4. The van der Waals surface area contributed by atoms with Crippen LogP contribution in [-0.4, -0.2) is 57.4 Å². The van der Waals surface area contributed by atoms with E-state index >= 15 is 0 Å². The van der Waals surface area contributed by atoms with E-state index in [0.29, 0.717) is 25.7 Å². The van der Waals surface area contributed by atoms with E-state index in [4.69, 9.17) is 4.74 Å². The number of alkyl carbamates (subject to hydrolysis) is 1. The predicted octanol–water partition coefficient (Wildman–Crippen LogP) is 2.00. The number of ether oxygens (including phenoxy) is 1. The van der Waals surface area contributed by atoms with Crippen molar-refractivity contribution in [2.24, 2.45) is 4.99 Å². The number of carbonyl (C=O) groups is 1. The number of thioether (sulfide) groups is 1. The average Bonchev–Trinajstić information content (AvgIpc) is 3.30. The monoisotopic (exact) mass is 393 g/mol. The van der Waals surface area contributed by atoms with Crippen LogP contribution in [0.5, 0.6) is 0 Å². The van der Waals surface area contributed by atoms with Gasteiger partial charge in [0, 0.05) is 42.2 Å². The SMILES string of the molecule is CCOC(=O)NC(=NCCCc1cnc[nH]1)NCCSCc1nc[nH]c1C. The van der Waals surface area contributed by atoms with Crippen LogP contribution in [0.3, 0.4) is 0 Å². The molecular weight excluding hydrogens is 366 g/mol. The van der Waals surface area contributed by atoms with Gasteiger partial charge in [0.25, 0.3) is 0 Å². The Hall–Kier alpha value is -2.49. The van der Waals surface area contributed by atoms with Crippen LogP contribution in [0.25, 0.3) is 0 Å². The van der Waals surface area contributed by atoms with Gasteiger partial charge in [-0.1, -0.05) is 0 Å². The van der Waals surface area contributed by atoms with Crippen molar-refractivity contribution in [2.75, 3.05) is 25.4 Å². The molecule has 4 N–H and O–H groups in total. The van der Waals surface area contributed by atoms with Gasteiger partial charge in [-0.2, -0.15) is 11.8 Å². The Morgan fingerprint density at radius 3 is 2.96 bits per heavy atom. The highest BCUT2D eigenvalue weighted by atomic mass is 32.2. The van der Waals surface area contributed by atoms with Crippen LogP contribution in [0.15, 0.2) is 23.8 Å². The fourth-order valence-electron chi connectivity index (χ4n) is 2.23. The Labute approximate surface area is 163 Å². The molecule has 0 aliphatic heterocycles. The van der Waals surface area contributed by atoms with Crippen LogP contribution in [0.1, 0.15) is 30.4 Å². The van der Waals surface area contributed by atoms with E-state index in [1.54, 1.807) is 37.5 Å². The third kappa shape index (κ3) is 8.16. The first kappa shape index (κ1) is 20.8. The highest BCUT2D eigenvalue weighted by molar-refractivity contribution is 7.98. The molecule has 0 aliphatic carbocycles. The summed E-state index contributed by atoms with van der Waals surface area (Å²) in [7, 11) is 0. The number of aliphatic imine (C=N–C) groups is 1. The smallest absolute Gasteiger partial charge is 0.413 e. The van der Waals surface area contributed by atoms with Crippen LogP contribution >= 0.6 is 11.8 Å². The second-order valence-corrected chi connectivity index (χ2v) is 6.81. The Kier molecular flexibility index (Phi) is 9.25. The van der Waals surface area contributed by atoms with Crippen molar-refractivity contribution >= 4 is 23.8 Å². The number of aromatic nitrogens is 4. The van der Waals surface area contributed by atoms with Crippen molar-refractivity contribution in [3.05, 3.63) is 35.9 Å². The van der Waals surface area contributed by atoms with Crippen LogP contribution in [0, 0.1) is 6.92 Å². The molecule has 0 bridgehead atoms. The van der Waals surface area contributed by atoms with Crippen LogP contribution in [-0.2, 0) is 16.9 Å². The van der Waals surface area contributed by atoms with Crippen molar-refractivity contribution < 1.29 is 9.53 Å². The molecule has 10 heteroatoms. The van der Waals surface area contributed by atoms with E-state index in [0.717, 1.165) is 41.4 Å². The number of hydrogen-bond donors (Lipinski definition) is 4. The third-order valence-electron chi connectivity index (χ3n) is 3.64. The minimum absolute atomic E-state index is 0.317. The summed E-state index contributed by atoms with van der Waals surface area (Å²) in [6.07, 6.45) is 6.38. The average molecular weight is 394 g/mol. The molecule has 2 rings (SSSR count). The van der Waals surface area contributed by atoms with E-state index in [2.05, 4.69) is 35.6 Å². The molecule has 148 valence electrons. The molecule has 0 spiro atoms. The summed E-state index contributed by atoms with van der Waals surface area (Å²) in [6, 6.07) is 0. The minimum atomic E-state index is -0.503. The Morgan fingerprint density at radius 2 is 2.26 bits per heavy atom. The lowest BCUT2D eigenvalue weighted by Gasteiger charge is -2.11. The molecule has 27 heavy (non-hydrogen) atoms. The summed E-state index contributed by atoms with van der Waals surface area (Å²) in [5, 5.41) is 5.82. The number of nitrogens with zero attached hydrogens (tertiary/aromatic N) is 3. The maximum absolute atomic E-state index is 11.7. The number of aryl methyl sites for hydroxylation is 2. The first-order valence-electron chi connectivity index (χ1n) is 8.95. The van der Waals surface area contributed by atoms with Gasteiger partial charge >= 0.3 is 6.09 Å². The fourth-order valence-corrected chi connectivity index (χ4v) is 3.10. The van der Waals surface area contributed by atoms with Crippen molar-refractivity contribution in [2.45, 2.75) is 32.4 Å². The lowest BCUT2D eigenvalue weighted by molar-refractivity contribution is 0.157. The lowest BCUT2D eigenvalue weighted by Crippen LogP contribution is -2.42. The predicted molar refractivity (Wildman–Crippen MR) is 107 cm³/mol. The van der Waals surface area contributed by atoms with Gasteiger partial charge in [0.1, 0.15) is 0 Å². The molecule has 0 atom stereocenters. The van der Waals surface area contributed by atoms with Gasteiger partial charge in [-0.05, 0) is 26.7 Å². The molecule has 2 heterocycles. The van der Waals surface area contributed by atoms with E-state index in [1.807, 2.05) is 6.92 Å². The molecule has 0 aromatic carbocycles. The zero-order valence-corrected chi connectivity index (χ0v) is 16.6. The summed E-state index contributed by atoms with van der Waals surface area (Å²) in [5.74, 6) is 2.15. The largest absolute Gasteiger partial charge is 0.450 e. The fraction of sp³-hybridized carbons (Fsp3) is 0.529. The molecule has 0 unspecified atom stereocenters. The summed E-state index contributed by atoms with van der Waals surface area (Å²) >= 11 is 1.77. The first-order chi connectivity index (χ1) is 13.2. The molecular formula is C17H27N7O2S. The molecule has 2 aromatic heterocycles. The van der Waals surface area contributed by atoms with Crippen molar-refractivity contribution in [3.8, 4) is 0 Å². The maximum atomic E-state index is 11.7. The van der Waals surface area contributed by atoms with Crippen molar-refractivity contribution in [1.29, 1.82) is 0 Å². The first-order valence-corrected chi connectivity index (χ1v) is 10.1. The standard InChI is InChI=1S/C17H27N7O2S/c1-3-26-17(25)24-16(19-6-4-5-14-9-18-11-22-14)20-7-8-27-10-15-13(2)21-12-23-15/h9,11-12H,3-8,10H2,1-2H3,(H,18,22)(H,21,23)(H2,19,20,24,25). The highest BCUT2D eigenvalue weighted by Crippen LogP contribution is 2.11. The van der Waals surface area contributed by atoms with Gasteiger partial charge in [-0.25, -0.2) is 14.8 Å². The van der Waals surface area contributed by atoms with Gasteiger partial charge in [0.15, 0.2) is 0 Å². The number of carbonyl (C=O) groups excluding carboxylic acids is 1. The number of imidazole rings is 2. The number of nitrogens with one attached hydrogen (secondary N) is 4. The summed E-state index contributed by atoms with van der Waals surface area (Å²) in [5.41, 5.74) is 3.24. The molecule has 2 aromatic rings. The number of aromatic amines is 2. The Balaban J connectivity index is 1.72. The minimum Gasteiger partial charge on any atom is -0.450 e. The van der Waals surface area contributed by atoms with E-state index in [9.17, 15) is 4.79 Å². The third-order valence-corrected chi connectivity index (χ3v) is 4.61. The second kappa shape index (κ2) is 12.0. The van der Waals surface area contributed by atoms with Crippen molar-refractivity contribution in [1.82, 2.24) is 30.6 Å². The zero-order chi connectivity index (χ0) is 19.3. The van der Waals surface area contributed by atoms with Gasteiger partial charge in [-0.15, -0.1) is 0 Å².